The van der Waals surface area contributed by atoms with Gasteiger partial charge in [-0.05, 0) is 5.56 Å². The van der Waals surface area contributed by atoms with Gasteiger partial charge in [0.1, 0.15) is 0 Å². The van der Waals surface area contributed by atoms with Gasteiger partial charge in [-0.3, -0.25) is 0 Å². The van der Waals surface area contributed by atoms with Gasteiger partial charge in [0.05, 0.1) is 12.8 Å². The van der Waals surface area contributed by atoms with E-state index in [1.54, 1.807) is 6.08 Å². The normalized spacial score (nSPS) is 16.6. The van der Waals surface area contributed by atoms with E-state index in [1.165, 1.54) is 4.90 Å². The van der Waals surface area contributed by atoms with E-state index in [2.05, 4.69) is 0 Å². The highest BCUT2D eigenvalue weighted by Gasteiger charge is 2.28. The summed E-state index contributed by atoms with van der Waals surface area (Å²) in [4.78, 5) is 13.7. The Hall–Kier alpha value is -1.82. The van der Waals surface area contributed by atoms with Gasteiger partial charge in [0.2, 0.25) is 10.0 Å². The minimum atomic E-state index is -3.53. The molecule has 0 fully saturated rings. The SMILES string of the molecule is CS(=O)(=O)N1CC=CCN(Cc2ccccc2)C1=O. The molecule has 0 spiro atoms. The van der Waals surface area contributed by atoms with Crippen molar-refractivity contribution in [1.29, 1.82) is 0 Å². The minimum Gasteiger partial charge on any atom is -0.316 e. The third-order valence-corrected chi connectivity index (χ3v) is 3.97. The van der Waals surface area contributed by atoms with Gasteiger partial charge >= 0.3 is 6.03 Å². The summed E-state index contributed by atoms with van der Waals surface area (Å²) in [6.07, 6.45) is 4.56. The van der Waals surface area contributed by atoms with Crippen molar-refractivity contribution in [1.82, 2.24) is 9.21 Å². The van der Waals surface area contributed by atoms with Gasteiger partial charge < -0.3 is 4.90 Å². The summed E-state index contributed by atoms with van der Waals surface area (Å²) in [6.45, 7) is 0.915. The highest BCUT2D eigenvalue weighted by atomic mass is 32.2. The Morgan fingerprint density at radius 3 is 2.37 bits per heavy atom. The fourth-order valence-corrected chi connectivity index (χ4v) is 2.66. The molecule has 1 aliphatic rings. The lowest BCUT2D eigenvalue weighted by molar-refractivity contribution is 0.185. The van der Waals surface area contributed by atoms with Crippen LogP contribution in [0.25, 0.3) is 0 Å². The molecule has 0 unspecified atom stereocenters. The summed E-state index contributed by atoms with van der Waals surface area (Å²) < 4.78 is 24.1. The van der Waals surface area contributed by atoms with Crippen LogP contribution in [-0.4, -0.2) is 43.0 Å². The highest BCUT2D eigenvalue weighted by molar-refractivity contribution is 7.88. The third-order valence-electron chi connectivity index (χ3n) is 2.86. The van der Waals surface area contributed by atoms with Gasteiger partial charge in [-0.1, -0.05) is 42.5 Å². The van der Waals surface area contributed by atoms with Crippen LogP contribution in [-0.2, 0) is 16.6 Å². The maximum atomic E-state index is 12.2. The van der Waals surface area contributed by atoms with E-state index < -0.39 is 16.1 Å². The lowest BCUT2D eigenvalue weighted by atomic mass is 10.2. The summed E-state index contributed by atoms with van der Waals surface area (Å²) in [5, 5.41) is 0. The minimum absolute atomic E-state index is 0.100. The second-order valence-corrected chi connectivity index (χ2v) is 6.32. The molecular formula is C13H16N2O3S. The van der Waals surface area contributed by atoms with E-state index in [-0.39, 0.29) is 6.54 Å². The highest BCUT2D eigenvalue weighted by Crippen LogP contribution is 2.12. The predicted molar refractivity (Wildman–Crippen MR) is 72.9 cm³/mol. The molecule has 0 aliphatic carbocycles. The van der Waals surface area contributed by atoms with E-state index in [4.69, 9.17) is 0 Å². The number of benzene rings is 1. The molecule has 102 valence electrons. The largest absolute Gasteiger partial charge is 0.334 e. The molecule has 0 saturated heterocycles. The number of sulfonamides is 1. The molecule has 1 heterocycles. The maximum absolute atomic E-state index is 12.2. The van der Waals surface area contributed by atoms with E-state index >= 15 is 0 Å². The van der Waals surface area contributed by atoms with Gasteiger partial charge in [0.15, 0.2) is 0 Å². The Morgan fingerprint density at radius 1 is 1.11 bits per heavy atom. The van der Waals surface area contributed by atoms with Crippen molar-refractivity contribution >= 4 is 16.1 Å². The molecule has 1 aromatic rings. The lowest BCUT2D eigenvalue weighted by Gasteiger charge is -2.26. The first-order valence-electron chi connectivity index (χ1n) is 5.94. The fraction of sp³-hybridized carbons (Fsp3) is 0.308. The second kappa shape index (κ2) is 5.44. The number of urea groups is 1. The van der Waals surface area contributed by atoms with E-state index in [0.29, 0.717) is 13.1 Å². The quantitative estimate of drug-likeness (QED) is 0.787. The van der Waals surface area contributed by atoms with Gasteiger partial charge in [-0.25, -0.2) is 17.5 Å². The molecule has 1 aliphatic heterocycles. The zero-order valence-electron chi connectivity index (χ0n) is 10.7. The molecule has 19 heavy (non-hydrogen) atoms. The number of rotatable bonds is 3. The average molecular weight is 280 g/mol. The molecule has 0 atom stereocenters. The average Bonchev–Trinajstić information content (AvgIpc) is 2.53. The predicted octanol–water partition coefficient (Wildman–Crippen LogP) is 1.44. The first-order valence-corrected chi connectivity index (χ1v) is 7.79. The molecule has 2 amide bonds. The molecule has 0 radical (unpaired) electrons. The summed E-state index contributed by atoms with van der Waals surface area (Å²) >= 11 is 0. The number of hydrogen-bond acceptors (Lipinski definition) is 3. The number of nitrogens with zero attached hydrogens (tertiary/aromatic N) is 2. The summed E-state index contributed by atoms with van der Waals surface area (Å²) in [5.74, 6) is 0. The molecular weight excluding hydrogens is 264 g/mol. The zero-order valence-corrected chi connectivity index (χ0v) is 11.5. The number of carbonyl (C=O) groups is 1. The molecule has 6 heteroatoms. The number of carbonyl (C=O) groups excluding carboxylic acids is 1. The Kier molecular flexibility index (Phi) is 3.90. The van der Waals surface area contributed by atoms with Crippen LogP contribution in [0.15, 0.2) is 42.5 Å². The molecule has 0 bridgehead atoms. The van der Waals surface area contributed by atoms with Crippen molar-refractivity contribution in [3.8, 4) is 0 Å². The van der Waals surface area contributed by atoms with Crippen molar-refractivity contribution < 1.29 is 13.2 Å². The van der Waals surface area contributed by atoms with Crippen LogP contribution in [0.3, 0.4) is 0 Å². The second-order valence-electron chi connectivity index (χ2n) is 4.41. The summed E-state index contributed by atoms with van der Waals surface area (Å²) in [7, 11) is -3.53. The van der Waals surface area contributed by atoms with Crippen molar-refractivity contribution in [3.63, 3.8) is 0 Å². The first kappa shape index (κ1) is 13.6. The van der Waals surface area contributed by atoms with Crippen LogP contribution >= 0.6 is 0 Å². The van der Waals surface area contributed by atoms with E-state index in [0.717, 1.165) is 16.1 Å². The van der Waals surface area contributed by atoms with Crippen LogP contribution < -0.4 is 0 Å². The van der Waals surface area contributed by atoms with Crippen LogP contribution in [0.4, 0.5) is 4.79 Å². The van der Waals surface area contributed by atoms with Crippen molar-refractivity contribution in [2.24, 2.45) is 0 Å². The van der Waals surface area contributed by atoms with E-state index in [9.17, 15) is 13.2 Å². The Balaban J connectivity index is 2.21. The molecule has 5 nitrogen and oxygen atoms in total. The molecule has 0 N–H and O–H groups in total. The summed E-state index contributed by atoms with van der Waals surface area (Å²) in [6, 6.07) is 9.02. The van der Waals surface area contributed by atoms with Gasteiger partial charge in [0, 0.05) is 13.1 Å². The third kappa shape index (κ3) is 3.35. The lowest BCUT2D eigenvalue weighted by Crippen LogP contribution is -2.44. The smallest absolute Gasteiger partial charge is 0.316 e. The number of hydrogen-bond donors (Lipinski definition) is 0. The van der Waals surface area contributed by atoms with Gasteiger partial charge in [-0.15, -0.1) is 0 Å². The Bertz CT molecular complexity index is 581. The molecule has 2 rings (SSSR count). The van der Waals surface area contributed by atoms with Crippen molar-refractivity contribution in [3.05, 3.63) is 48.0 Å². The van der Waals surface area contributed by atoms with Crippen LogP contribution in [0.5, 0.6) is 0 Å². The van der Waals surface area contributed by atoms with Crippen LogP contribution in [0.1, 0.15) is 5.56 Å². The fourth-order valence-electron chi connectivity index (χ4n) is 1.90. The van der Waals surface area contributed by atoms with Crippen molar-refractivity contribution in [2.75, 3.05) is 19.3 Å². The monoisotopic (exact) mass is 280 g/mol. The van der Waals surface area contributed by atoms with Crippen LogP contribution in [0.2, 0.25) is 0 Å². The standard InChI is InChI=1S/C13H16N2O3S/c1-19(17,18)15-10-6-5-9-14(13(15)16)11-12-7-3-2-4-8-12/h2-8H,9-11H2,1H3. The van der Waals surface area contributed by atoms with Crippen LogP contribution in [0, 0.1) is 0 Å². The first-order chi connectivity index (χ1) is 8.98. The van der Waals surface area contributed by atoms with Crippen molar-refractivity contribution in [2.45, 2.75) is 6.54 Å². The topological polar surface area (TPSA) is 57.7 Å². The van der Waals surface area contributed by atoms with E-state index in [1.807, 2.05) is 36.4 Å². The summed E-state index contributed by atoms with van der Waals surface area (Å²) in [5.41, 5.74) is 0.972. The molecule has 1 aromatic carbocycles. The van der Waals surface area contributed by atoms with Gasteiger partial charge in [-0.2, -0.15) is 0 Å². The maximum Gasteiger partial charge on any atom is 0.334 e. The zero-order chi connectivity index (χ0) is 13.9. The Labute approximate surface area is 113 Å². The Morgan fingerprint density at radius 2 is 1.74 bits per heavy atom. The molecule has 0 aromatic heterocycles. The number of amides is 2. The van der Waals surface area contributed by atoms with Gasteiger partial charge in [0.25, 0.3) is 0 Å². The molecule has 0 saturated carbocycles.